The molecule has 1 saturated heterocycles. The molecule has 8 heteroatoms. The Hall–Kier alpha value is -2.38. The fourth-order valence-corrected chi connectivity index (χ4v) is 3.89. The minimum Gasteiger partial charge on any atom is -0.496 e. The second-order valence-corrected chi connectivity index (χ2v) is 7.40. The highest BCUT2D eigenvalue weighted by molar-refractivity contribution is 7.13. The van der Waals surface area contributed by atoms with Gasteiger partial charge in [0.25, 0.3) is 11.8 Å². The molecule has 1 fully saturated rings. The number of methoxy groups -OCH3 is 1. The summed E-state index contributed by atoms with van der Waals surface area (Å²) >= 11 is 7.60. The summed E-state index contributed by atoms with van der Waals surface area (Å²) in [6.07, 6.45) is 0.790. The smallest absolute Gasteiger partial charge is 0.267 e. The average molecular weight is 390 g/mol. The van der Waals surface area contributed by atoms with Crippen molar-refractivity contribution in [2.24, 2.45) is 0 Å². The maximum atomic E-state index is 12.9. The fourth-order valence-electron chi connectivity index (χ4n) is 3.07. The molecule has 1 atom stereocenters. The van der Waals surface area contributed by atoms with Crippen LogP contribution in [0.1, 0.15) is 28.5 Å². The van der Waals surface area contributed by atoms with Gasteiger partial charge in [0.1, 0.15) is 5.75 Å². The van der Waals surface area contributed by atoms with Gasteiger partial charge in [-0.05, 0) is 36.1 Å². The highest BCUT2D eigenvalue weighted by Gasteiger charge is 2.32. The van der Waals surface area contributed by atoms with E-state index in [-0.39, 0.29) is 11.8 Å². The molecule has 1 aliphatic heterocycles. The van der Waals surface area contributed by atoms with Gasteiger partial charge in [-0.25, -0.2) is 0 Å². The first-order valence-electron chi connectivity index (χ1n) is 8.16. The van der Waals surface area contributed by atoms with Crippen molar-refractivity contribution in [3.8, 4) is 16.5 Å². The number of thiophene rings is 1. The maximum absolute atomic E-state index is 12.9. The highest BCUT2D eigenvalue weighted by atomic mass is 35.5. The van der Waals surface area contributed by atoms with Gasteiger partial charge >= 0.3 is 0 Å². The number of hydrogen-bond donors (Lipinski definition) is 0. The predicted octanol–water partition coefficient (Wildman–Crippen LogP) is 4.09. The van der Waals surface area contributed by atoms with E-state index in [1.807, 2.05) is 17.5 Å². The van der Waals surface area contributed by atoms with E-state index in [1.165, 1.54) is 7.11 Å². The molecular formula is C18H16ClN3O3S. The van der Waals surface area contributed by atoms with Gasteiger partial charge in [0.05, 0.1) is 17.6 Å². The third-order valence-corrected chi connectivity index (χ3v) is 5.50. The van der Waals surface area contributed by atoms with Gasteiger partial charge in [-0.15, -0.1) is 11.3 Å². The van der Waals surface area contributed by atoms with Gasteiger partial charge in [-0.1, -0.05) is 22.8 Å². The number of rotatable bonds is 4. The molecule has 0 radical (unpaired) electrons. The lowest BCUT2D eigenvalue weighted by Crippen LogP contribution is -2.29. The largest absolute Gasteiger partial charge is 0.496 e. The Bertz CT molecular complexity index is 926. The molecule has 0 unspecified atom stereocenters. The Labute approximate surface area is 159 Å². The molecule has 0 saturated carbocycles. The first-order valence-corrected chi connectivity index (χ1v) is 9.42. The Morgan fingerprint density at radius 2 is 2.31 bits per heavy atom. The fraction of sp³-hybridized carbons (Fsp3) is 0.278. The molecule has 26 heavy (non-hydrogen) atoms. The van der Waals surface area contributed by atoms with Crippen molar-refractivity contribution < 1.29 is 14.1 Å². The van der Waals surface area contributed by atoms with Gasteiger partial charge in [0.2, 0.25) is 0 Å². The van der Waals surface area contributed by atoms with Crippen LogP contribution in [0.5, 0.6) is 5.75 Å². The summed E-state index contributed by atoms with van der Waals surface area (Å²) in [5, 5.41) is 6.57. The maximum Gasteiger partial charge on any atom is 0.267 e. The van der Waals surface area contributed by atoms with Crippen molar-refractivity contribution in [2.45, 2.75) is 12.3 Å². The van der Waals surface area contributed by atoms with Crippen LogP contribution in [0.25, 0.3) is 10.8 Å². The molecule has 4 rings (SSSR count). The van der Waals surface area contributed by atoms with Crippen molar-refractivity contribution in [1.82, 2.24) is 15.0 Å². The van der Waals surface area contributed by atoms with E-state index in [4.69, 9.17) is 20.9 Å². The van der Waals surface area contributed by atoms with Crippen molar-refractivity contribution in [3.05, 3.63) is 52.1 Å². The van der Waals surface area contributed by atoms with Crippen LogP contribution >= 0.6 is 22.9 Å². The van der Waals surface area contributed by atoms with Crippen LogP contribution in [0.15, 0.2) is 40.2 Å². The lowest BCUT2D eigenvalue weighted by molar-refractivity contribution is 0.0787. The predicted molar refractivity (Wildman–Crippen MR) is 98.9 cm³/mol. The molecule has 1 amide bonds. The van der Waals surface area contributed by atoms with Gasteiger partial charge < -0.3 is 14.2 Å². The lowest BCUT2D eigenvalue weighted by Gasteiger charge is -2.17. The van der Waals surface area contributed by atoms with Crippen molar-refractivity contribution in [2.75, 3.05) is 20.2 Å². The number of aromatic nitrogens is 2. The van der Waals surface area contributed by atoms with Gasteiger partial charge in [-0.2, -0.15) is 4.98 Å². The van der Waals surface area contributed by atoms with Crippen LogP contribution in [0.2, 0.25) is 5.02 Å². The molecule has 3 aromatic rings. The normalized spacial score (nSPS) is 16.8. The molecular weight excluding hydrogens is 374 g/mol. The number of halogens is 1. The molecule has 2 aromatic heterocycles. The number of hydrogen-bond acceptors (Lipinski definition) is 6. The first-order chi connectivity index (χ1) is 12.7. The Kier molecular flexibility index (Phi) is 4.65. The van der Waals surface area contributed by atoms with Crippen LogP contribution in [0, 0.1) is 0 Å². The zero-order valence-corrected chi connectivity index (χ0v) is 15.6. The monoisotopic (exact) mass is 389 g/mol. The molecule has 1 aromatic carbocycles. The Balaban J connectivity index is 1.50. The number of carbonyl (C=O) groups excluding carboxylic acids is 1. The van der Waals surface area contributed by atoms with Crippen molar-refractivity contribution in [3.63, 3.8) is 0 Å². The number of benzene rings is 1. The number of nitrogens with zero attached hydrogens (tertiary/aromatic N) is 3. The van der Waals surface area contributed by atoms with E-state index in [1.54, 1.807) is 34.4 Å². The van der Waals surface area contributed by atoms with Crippen LogP contribution in [-0.4, -0.2) is 41.1 Å². The summed E-state index contributed by atoms with van der Waals surface area (Å²) in [4.78, 5) is 20.1. The van der Waals surface area contributed by atoms with Gasteiger partial charge in [-0.3, -0.25) is 4.79 Å². The molecule has 0 aliphatic carbocycles. The summed E-state index contributed by atoms with van der Waals surface area (Å²) in [5.74, 6) is 1.64. The summed E-state index contributed by atoms with van der Waals surface area (Å²) < 4.78 is 10.7. The van der Waals surface area contributed by atoms with Gasteiger partial charge in [0.15, 0.2) is 5.82 Å². The Morgan fingerprint density at radius 1 is 1.42 bits per heavy atom. The number of amides is 1. The molecule has 134 valence electrons. The summed E-state index contributed by atoms with van der Waals surface area (Å²) in [6.45, 7) is 1.17. The van der Waals surface area contributed by atoms with E-state index in [0.717, 1.165) is 11.3 Å². The van der Waals surface area contributed by atoms with E-state index < -0.39 is 0 Å². The standard InChI is InChI=1S/C18H16ClN3O3S/c1-24-14-5-4-12(19)9-13(14)18(23)22-7-6-11(10-22)16-20-17(25-21-16)15-3-2-8-26-15/h2-5,8-9,11H,6-7,10H2,1H3/t11-/m0/s1. The third-order valence-electron chi connectivity index (χ3n) is 4.41. The lowest BCUT2D eigenvalue weighted by atomic mass is 10.1. The third kappa shape index (κ3) is 3.20. The molecule has 6 nitrogen and oxygen atoms in total. The van der Waals surface area contributed by atoms with Gasteiger partial charge in [0, 0.05) is 24.0 Å². The molecule has 1 aliphatic rings. The second-order valence-electron chi connectivity index (χ2n) is 6.02. The number of likely N-dealkylation sites (tertiary alicyclic amines) is 1. The first kappa shape index (κ1) is 17.1. The second kappa shape index (κ2) is 7.09. The zero-order chi connectivity index (χ0) is 18.1. The summed E-state index contributed by atoms with van der Waals surface area (Å²) in [7, 11) is 1.54. The highest BCUT2D eigenvalue weighted by Crippen LogP contribution is 2.31. The summed E-state index contributed by atoms with van der Waals surface area (Å²) in [5.41, 5.74) is 0.466. The molecule has 0 N–H and O–H groups in total. The van der Waals surface area contributed by atoms with Crippen LogP contribution in [0.3, 0.4) is 0 Å². The topological polar surface area (TPSA) is 68.5 Å². The van der Waals surface area contributed by atoms with Crippen molar-refractivity contribution >= 4 is 28.8 Å². The average Bonchev–Trinajstić information content (AvgIpc) is 3.41. The van der Waals surface area contributed by atoms with E-state index in [9.17, 15) is 4.79 Å². The summed E-state index contributed by atoms with van der Waals surface area (Å²) in [6, 6.07) is 8.93. The SMILES string of the molecule is COc1ccc(Cl)cc1C(=O)N1CC[C@H](c2noc(-c3cccs3)n2)C1. The molecule has 0 spiro atoms. The van der Waals surface area contributed by atoms with Crippen LogP contribution in [-0.2, 0) is 0 Å². The zero-order valence-electron chi connectivity index (χ0n) is 14.0. The van der Waals surface area contributed by atoms with E-state index in [2.05, 4.69) is 10.1 Å². The van der Waals surface area contributed by atoms with Crippen LogP contribution in [0.4, 0.5) is 0 Å². The number of ether oxygens (including phenoxy) is 1. The van der Waals surface area contributed by atoms with Crippen molar-refractivity contribution in [1.29, 1.82) is 0 Å². The quantitative estimate of drug-likeness (QED) is 0.672. The van der Waals surface area contributed by atoms with Crippen LogP contribution < -0.4 is 4.74 Å². The molecule has 3 heterocycles. The minimum atomic E-state index is -0.103. The van der Waals surface area contributed by atoms with E-state index >= 15 is 0 Å². The molecule has 0 bridgehead atoms. The number of carbonyl (C=O) groups is 1. The minimum absolute atomic E-state index is 0.0570. The van der Waals surface area contributed by atoms with E-state index in [0.29, 0.717) is 41.1 Å². The Morgan fingerprint density at radius 3 is 3.08 bits per heavy atom.